The number of nitrogens with zero attached hydrogens (tertiary/aromatic N) is 4. The standard InChI is InChI=1S/C10H12N4O/c1-9(15)13-5-7-14(8-6-13)10-11-3-2-4-12-10/h1-4H,5-8H2. The highest BCUT2D eigenvalue weighted by atomic mass is 16.2. The Morgan fingerprint density at radius 2 is 1.80 bits per heavy atom. The van der Waals surface area contributed by atoms with Crippen LogP contribution in [0.2, 0.25) is 0 Å². The Hall–Kier alpha value is -1.65. The molecule has 2 heterocycles. The molecule has 0 spiro atoms. The van der Waals surface area contributed by atoms with E-state index in [1.54, 1.807) is 23.4 Å². The first kappa shape index (κ1) is 9.89. The molecular weight excluding hydrogens is 192 g/mol. The molecule has 2 radical (unpaired) electrons. The molecule has 0 N–H and O–H groups in total. The van der Waals surface area contributed by atoms with Crippen LogP contribution >= 0.6 is 0 Å². The van der Waals surface area contributed by atoms with Crippen molar-refractivity contribution in [2.45, 2.75) is 0 Å². The van der Waals surface area contributed by atoms with E-state index in [4.69, 9.17) is 6.92 Å². The fourth-order valence-electron chi connectivity index (χ4n) is 1.58. The Morgan fingerprint density at radius 1 is 1.20 bits per heavy atom. The van der Waals surface area contributed by atoms with Gasteiger partial charge in [-0.2, -0.15) is 0 Å². The number of rotatable bonds is 1. The summed E-state index contributed by atoms with van der Waals surface area (Å²) in [6, 6.07) is 1.78. The van der Waals surface area contributed by atoms with Gasteiger partial charge >= 0.3 is 0 Å². The van der Waals surface area contributed by atoms with Crippen molar-refractivity contribution in [1.82, 2.24) is 14.9 Å². The van der Waals surface area contributed by atoms with Crippen LogP contribution in [0.15, 0.2) is 18.5 Å². The summed E-state index contributed by atoms with van der Waals surface area (Å²) in [5.41, 5.74) is 0. The number of anilines is 1. The van der Waals surface area contributed by atoms with Crippen LogP contribution in [0.1, 0.15) is 0 Å². The van der Waals surface area contributed by atoms with Gasteiger partial charge in [0.05, 0.1) is 6.92 Å². The number of piperazine rings is 1. The largest absolute Gasteiger partial charge is 0.339 e. The highest BCUT2D eigenvalue weighted by molar-refractivity contribution is 5.80. The van der Waals surface area contributed by atoms with E-state index >= 15 is 0 Å². The van der Waals surface area contributed by atoms with Crippen LogP contribution in [0.3, 0.4) is 0 Å². The second kappa shape index (κ2) is 4.25. The molecule has 1 fully saturated rings. The molecule has 0 bridgehead atoms. The third-order valence-electron chi connectivity index (χ3n) is 2.43. The molecule has 0 aromatic carbocycles. The molecule has 1 saturated heterocycles. The zero-order valence-corrected chi connectivity index (χ0v) is 8.33. The summed E-state index contributed by atoms with van der Waals surface area (Å²) in [7, 11) is 0. The summed E-state index contributed by atoms with van der Waals surface area (Å²) in [4.78, 5) is 22.9. The van der Waals surface area contributed by atoms with Crippen molar-refractivity contribution in [3.05, 3.63) is 25.4 Å². The number of aromatic nitrogens is 2. The Balaban J connectivity index is 1.97. The van der Waals surface area contributed by atoms with Crippen molar-refractivity contribution in [2.24, 2.45) is 0 Å². The average molecular weight is 204 g/mol. The molecule has 1 aromatic rings. The predicted octanol–water partition coefficient (Wildman–Crippen LogP) is -0.164. The minimum absolute atomic E-state index is 0.358. The average Bonchev–Trinajstić information content (AvgIpc) is 2.30. The van der Waals surface area contributed by atoms with Gasteiger partial charge in [0.25, 0.3) is 0 Å². The first-order valence-electron chi connectivity index (χ1n) is 4.84. The molecule has 1 aliphatic rings. The molecule has 5 nitrogen and oxygen atoms in total. The van der Waals surface area contributed by atoms with E-state index in [0.29, 0.717) is 19.0 Å². The zero-order valence-electron chi connectivity index (χ0n) is 8.33. The molecule has 0 aliphatic carbocycles. The van der Waals surface area contributed by atoms with E-state index in [2.05, 4.69) is 9.97 Å². The van der Waals surface area contributed by atoms with Gasteiger partial charge in [0, 0.05) is 38.6 Å². The monoisotopic (exact) mass is 204 g/mol. The van der Waals surface area contributed by atoms with Crippen LogP contribution in [-0.2, 0) is 4.79 Å². The SMILES string of the molecule is [CH]C(=O)N1CCN(c2ncccn2)CC1. The van der Waals surface area contributed by atoms with Gasteiger partial charge in [-0.3, -0.25) is 4.79 Å². The molecular formula is C10H12N4O. The summed E-state index contributed by atoms with van der Waals surface area (Å²) in [6.07, 6.45) is 3.42. The van der Waals surface area contributed by atoms with E-state index in [9.17, 15) is 4.79 Å². The third kappa shape index (κ3) is 2.23. The molecule has 0 saturated carbocycles. The predicted molar refractivity (Wildman–Crippen MR) is 55.1 cm³/mol. The van der Waals surface area contributed by atoms with E-state index < -0.39 is 0 Å². The van der Waals surface area contributed by atoms with E-state index in [1.807, 2.05) is 4.90 Å². The third-order valence-corrected chi connectivity index (χ3v) is 2.43. The second-order valence-corrected chi connectivity index (χ2v) is 3.36. The lowest BCUT2D eigenvalue weighted by atomic mass is 10.3. The van der Waals surface area contributed by atoms with Gasteiger partial charge in [0.2, 0.25) is 11.9 Å². The van der Waals surface area contributed by atoms with Crippen LogP contribution in [0.25, 0.3) is 0 Å². The van der Waals surface area contributed by atoms with Gasteiger partial charge < -0.3 is 9.80 Å². The minimum Gasteiger partial charge on any atom is -0.339 e. The van der Waals surface area contributed by atoms with Crippen LogP contribution in [0.5, 0.6) is 0 Å². The molecule has 1 aromatic heterocycles. The molecule has 15 heavy (non-hydrogen) atoms. The minimum atomic E-state index is -0.358. The Kier molecular flexibility index (Phi) is 2.80. The lowest BCUT2D eigenvalue weighted by molar-refractivity contribution is -0.126. The number of hydrogen-bond donors (Lipinski definition) is 0. The van der Waals surface area contributed by atoms with Gasteiger partial charge in [-0.1, -0.05) is 0 Å². The van der Waals surface area contributed by atoms with Crippen molar-refractivity contribution in [3.63, 3.8) is 0 Å². The van der Waals surface area contributed by atoms with Crippen LogP contribution in [0.4, 0.5) is 5.95 Å². The van der Waals surface area contributed by atoms with Crippen molar-refractivity contribution in [2.75, 3.05) is 31.1 Å². The molecule has 2 rings (SSSR count). The van der Waals surface area contributed by atoms with Crippen LogP contribution in [-0.4, -0.2) is 47.0 Å². The van der Waals surface area contributed by atoms with Crippen LogP contribution < -0.4 is 4.90 Å². The first-order valence-corrected chi connectivity index (χ1v) is 4.84. The highest BCUT2D eigenvalue weighted by Gasteiger charge is 2.19. The van der Waals surface area contributed by atoms with E-state index in [-0.39, 0.29) is 5.91 Å². The van der Waals surface area contributed by atoms with Crippen molar-refractivity contribution in [1.29, 1.82) is 0 Å². The Bertz CT molecular complexity index is 333. The molecule has 0 unspecified atom stereocenters. The molecule has 1 aliphatic heterocycles. The fourth-order valence-corrected chi connectivity index (χ4v) is 1.58. The molecule has 0 atom stereocenters. The quantitative estimate of drug-likeness (QED) is 0.637. The number of amides is 1. The van der Waals surface area contributed by atoms with Crippen LogP contribution in [0, 0.1) is 6.92 Å². The summed E-state index contributed by atoms with van der Waals surface area (Å²) in [5, 5.41) is 0. The number of hydrogen-bond acceptors (Lipinski definition) is 4. The molecule has 78 valence electrons. The lowest BCUT2D eigenvalue weighted by Crippen LogP contribution is -2.48. The van der Waals surface area contributed by atoms with Crippen molar-refractivity contribution < 1.29 is 4.79 Å². The second-order valence-electron chi connectivity index (χ2n) is 3.36. The summed E-state index contributed by atoms with van der Waals surface area (Å²) in [5.74, 6) is 0.352. The Labute approximate surface area is 88.7 Å². The van der Waals surface area contributed by atoms with Crippen molar-refractivity contribution >= 4 is 11.9 Å². The normalized spacial score (nSPS) is 16.6. The van der Waals surface area contributed by atoms with E-state index in [0.717, 1.165) is 13.1 Å². The first-order chi connectivity index (χ1) is 7.27. The summed E-state index contributed by atoms with van der Waals surface area (Å²) < 4.78 is 0. The van der Waals surface area contributed by atoms with Gasteiger partial charge in [0.1, 0.15) is 0 Å². The van der Waals surface area contributed by atoms with Gasteiger partial charge in [-0.15, -0.1) is 0 Å². The van der Waals surface area contributed by atoms with Gasteiger partial charge in [0.15, 0.2) is 0 Å². The lowest BCUT2D eigenvalue weighted by Gasteiger charge is -2.33. The maximum Gasteiger partial charge on any atom is 0.227 e. The smallest absolute Gasteiger partial charge is 0.227 e. The fraction of sp³-hybridized carbons (Fsp3) is 0.400. The topological polar surface area (TPSA) is 49.3 Å². The Morgan fingerprint density at radius 3 is 2.33 bits per heavy atom. The maximum atomic E-state index is 10.9. The van der Waals surface area contributed by atoms with E-state index in [1.165, 1.54) is 0 Å². The molecule has 5 heteroatoms. The summed E-state index contributed by atoms with van der Waals surface area (Å²) >= 11 is 0. The van der Waals surface area contributed by atoms with Gasteiger partial charge in [-0.25, -0.2) is 9.97 Å². The summed E-state index contributed by atoms with van der Waals surface area (Å²) in [6.45, 7) is 7.91. The van der Waals surface area contributed by atoms with Crippen molar-refractivity contribution in [3.8, 4) is 0 Å². The maximum absolute atomic E-state index is 10.9. The van der Waals surface area contributed by atoms with Gasteiger partial charge in [-0.05, 0) is 6.07 Å². The highest BCUT2D eigenvalue weighted by Crippen LogP contribution is 2.09. The number of carbonyl (C=O) groups is 1. The molecule has 1 amide bonds. The zero-order chi connectivity index (χ0) is 10.7. The number of carbonyl (C=O) groups excluding carboxylic acids is 1.